The number of piperazine rings is 1. The lowest BCUT2D eigenvalue weighted by molar-refractivity contribution is -0.133. The highest BCUT2D eigenvalue weighted by Gasteiger charge is 2.37. The number of nitrogens with zero attached hydrogens (tertiary/aromatic N) is 7. The number of pyridine rings is 3. The van der Waals surface area contributed by atoms with Gasteiger partial charge in [0.15, 0.2) is 0 Å². The van der Waals surface area contributed by atoms with Gasteiger partial charge in [-0.25, -0.2) is 9.97 Å². The largest absolute Gasteiger partial charge is 0.394 e. The molecule has 0 spiro atoms. The molecule has 1 aliphatic carbocycles. The zero-order valence-corrected chi connectivity index (χ0v) is 36.3. The Morgan fingerprint density at radius 1 is 0.887 bits per heavy atom. The van der Waals surface area contributed by atoms with Crippen molar-refractivity contribution in [1.82, 2.24) is 24.0 Å². The minimum atomic E-state index is -0.350. The summed E-state index contributed by atoms with van der Waals surface area (Å²) in [7, 11) is 1.67. The molecular formula is C45H60N8O9. The number of aryl methyl sites for hydroxylation is 1. The van der Waals surface area contributed by atoms with Gasteiger partial charge >= 0.3 is 0 Å². The van der Waals surface area contributed by atoms with Crippen LogP contribution in [-0.2, 0) is 56.8 Å². The van der Waals surface area contributed by atoms with Crippen LogP contribution in [0, 0.1) is 5.41 Å². The first-order valence-electron chi connectivity index (χ1n) is 21.5. The van der Waals surface area contributed by atoms with Crippen molar-refractivity contribution in [3.63, 3.8) is 0 Å². The van der Waals surface area contributed by atoms with Crippen molar-refractivity contribution in [2.75, 3.05) is 101 Å². The highest BCUT2D eigenvalue weighted by Crippen LogP contribution is 2.40. The molecule has 4 aromatic heterocycles. The van der Waals surface area contributed by atoms with Crippen LogP contribution in [0.15, 0.2) is 53.7 Å². The first kappa shape index (κ1) is 44.9. The number of aromatic nitrogens is 4. The van der Waals surface area contributed by atoms with Crippen LogP contribution in [0.1, 0.15) is 54.5 Å². The molecule has 3 aliphatic rings. The first-order chi connectivity index (χ1) is 30.0. The maximum atomic E-state index is 13.9. The molecule has 0 radical (unpaired) electrons. The van der Waals surface area contributed by atoms with Gasteiger partial charge in [-0.05, 0) is 66.6 Å². The third-order valence-electron chi connectivity index (χ3n) is 11.7. The van der Waals surface area contributed by atoms with Crippen molar-refractivity contribution < 1.29 is 38.7 Å². The minimum absolute atomic E-state index is 0.00317. The van der Waals surface area contributed by atoms with Crippen LogP contribution >= 0.6 is 0 Å². The summed E-state index contributed by atoms with van der Waals surface area (Å²) in [5, 5.41) is 22.6. The Morgan fingerprint density at radius 3 is 2.29 bits per heavy atom. The Bertz CT molecular complexity index is 2240. The zero-order valence-electron chi connectivity index (χ0n) is 36.3. The highest BCUT2D eigenvalue weighted by atomic mass is 16.6. The Balaban J connectivity index is 0.917. The molecule has 17 nitrogen and oxygen atoms in total. The van der Waals surface area contributed by atoms with Crippen LogP contribution in [0.5, 0.6) is 0 Å². The first-order valence-corrected chi connectivity index (χ1v) is 21.5. The number of hydrogen-bond donors (Lipinski definition) is 3. The summed E-state index contributed by atoms with van der Waals surface area (Å²) in [5.41, 5.74) is 6.11. The fourth-order valence-electron chi connectivity index (χ4n) is 8.68. The predicted octanol–water partition coefficient (Wildman–Crippen LogP) is 3.15. The number of nitrogens with one attached hydrogen (secondary N) is 1. The number of fused-ring (bicyclic) bond motifs is 3. The van der Waals surface area contributed by atoms with E-state index in [1.807, 2.05) is 23.1 Å². The smallest absolute Gasteiger partial charge is 0.276 e. The van der Waals surface area contributed by atoms with Gasteiger partial charge in [-0.15, -0.1) is 0 Å². The molecule has 0 aromatic carbocycles. The Kier molecular flexibility index (Phi) is 14.7. The van der Waals surface area contributed by atoms with Gasteiger partial charge in [0.05, 0.1) is 84.4 Å². The molecule has 62 heavy (non-hydrogen) atoms. The predicted molar refractivity (Wildman–Crippen MR) is 234 cm³/mol. The normalized spacial score (nSPS) is 17.1. The molecule has 334 valence electrons. The number of ether oxygens (including phenoxy) is 4. The van der Waals surface area contributed by atoms with E-state index in [2.05, 4.69) is 45.5 Å². The number of rotatable bonds is 20. The summed E-state index contributed by atoms with van der Waals surface area (Å²) in [4.78, 5) is 55.3. The standard InChI is InChI=1S/C45H60N8O9/c1-31-28-50(41(56)8-15-59-17-19-61-21-22-62-20-18-60-16-14-54)10-11-51(31)34-5-6-40(47-27-34)48-37-23-33(29-49(4)43(37)57)35-7-9-46-42(36(35)30-55)53-13-12-52-38(44(53)58)24-32-25-45(2,3)26-39(32)52/h5-7,9,23-24,27,29,31,54-55H,8,10-22,25-26,28,30H2,1-4H3,(H,47,48)/t31-/m0/s1. The van der Waals surface area contributed by atoms with Crippen LogP contribution in [0.25, 0.3) is 11.1 Å². The van der Waals surface area contributed by atoms with E-state index in [0.717, 1.165) is 18.5 Å². The lowest BCUT2D eigenvalue weighted by atomic mass is 9.90. The third kappa shape index (κ3) is 10.4. The monoisotopic (exact) mass is 856 g/mol. The Labute approximate surface area is 362 Å². The van der Waals surface area contributed by atoms with Gasteiger partial charge in [0, 0.05) is 75.0 Å². The molecular weight excluding hydrogens is 797 g/mol. The van der Waals surface area contributed by atoms with Gasteiger partial charge in [-0.3, -0.25) is 19.3 Å². The van der Waals surface area contributed by atoms with Gasteiger partial charge in [-0.1, -0.05) is 13.8 Å². The topological polar surface area (TPSA) is 186 Å². The summed E-state index contributed by atoms with van der Waals surface area (Å²) in [5.74, 6) is 0.805. The van der Waals surface area contributed by atoms with Crippen LogP contribution < -0.4 is 20.7 Å². The van der Waals surface area contributed by atoms with Crippen LogP contribution in [0.4, 0.5) is 23.0 Å². The summed E-state index contributed by atoms with van der Waals surface area (Å²) in [6.45, 7) is 12.3. The van der Waals surface area contributed by atoms with Crippen LogP contribution in [-0.4, -0.2) is 138 Å². The van der Waals surface area contributed by atoms with Crippen molar-refractivity contribution in [2.24, 2.45) is 12.5 Å². The van der Waals surface area contributed by atoms with E-state index in [1.54, 1.807) is 42.7 Å². The van der Waals surface area contributed by atoms with E-state index in [4.69, 9.17) is 24.1 Å². The number of carbonyl (C=O) groups is 2. The molecule has 0 unspecified atom stereocenters. The number of carbonyl (C=O) groups excluding carboxylic acids is 2. The number of amides is 2. The summed E-state index contributed by atoms with van der Waals surface area (Å²) in [6, 6.07) is 9.39. The molecule has 4 aromatic rings. The Hall–Kier alpha value is -5.17. The second-order valence-corrected chi connectivity index (χ2v) is 16.8. The number of aliphatic hydroxyl groups is 2. The fourth-order valence-corrected chi connectivity index (χ4v) is 8.68. The fraction of sp³-hybridized carbons (Fsp3) is 0.533. The molecule has 6 heterocycles. The molecule has 0 bridgehead atoms. The third-order valence-corrected chi connectivity index (χ3v) is 11.7. The van der Waals surface area contributed by atoms with Crippen molar-refractivity contribution in [2.45, 2.75) is 59.2 Å². The second kappa shape index (κ2) is 20.3. The van der Waals surface area contributed by atoms with E-state index in [1.165, 1.54) is 15.8 Å². The van der Waals surface area contributed by atoms with Crippen molar-refractivity contribution in [1.29, 1.82) is 0 Å². The van der Waals surface area contributed by atoms with Gasteiger partial charge < -0.3 is 53.4 Å². The van der Waals surface area contributed by atoms with Gasteiger partial charge in [0.2, 0.25) is 5.91 Å². The van der Waals surface area contributed by atoms with Gasteiger partial charge in [0.1, 0.15) is 23.0 Å². The maximum absolute atomic E-state index is 13.9. The van der Waals surface area contributed by atoms with E-state index in [-0.39, 0.29) is 42.0 Å². The second-order valence-electron chi connectivity index (χ2n) is 16.8. The summed E-state index contributed by atoms with van der Waals surface area (Å²) >= 11 is 0. The molecule has 1 atom stereocenters. The van der Waals surface area contributed by atoms with Gasteiger partial charge in [-0.2, -0.15) is 0 Å². The van der Waals surface area contributed by atoms with E-state index >= 15 is 0 Å². The number of anilines is 4. The summed E-state index contributed by atoms with van der Waals surface area (Å²) < 4.78 is 25.3. The average molecular weight is 857 g/mol. The lowest BCUT2D eigenvalue weighted by Gasteiger charge is -2.41. The number of aliphatic hydroxyl groups excluding tert-OH is 2. The molecule has 2 amide bonds. The van der Waals surface area contributed by atoms with Crippen LogP contribution in [0.3, 0.4) is 0 Å². The zero-order chi connectivity index (χ0) is 43.8. The highest BCUT2D eigenvalue weighted by molar-refractivity contribution is 6.06. The van der Waals surface area contributed by atoms with E-state index in [0.29, 0.717) is 132 Å². The number of hydrogen-bond acceptors (Lipinski definition) is 13. The SMILES string of the molecule is C[C@H]1CN(C(=O)CCOCCOCCOCCOCCO)CCN1c1ccc(Nc2cc(-c3ccnc(N4CCn5c(cc6c5CC(C)(C)C6)C4=O)c3CO)cn(C)c2=O)nc1. The molecule has 1 saturated heterocycles. The van der Waals surface area contributed by atoms with Crippen molar-refractivity contribution >= 4 is 34.8 Å². The molecule has 1 fully saturated rings. The quantitative estimate of drug-likeness (QED) is 0.110. The van der Waals surface area contributed by atoms with Crippen LogP contribution in [0.2, 0.25) is 0 Å². The summed E-state index contributed by atoms with van der Waals surface area (Å²) in [6.07, 6.45) is 7.29. The van der Waals surface area contributed by atoms with E-state index < -0.39 is 0 Å². The molecule has 7 rings (SSSR count). The Morgan fingerprint density at radius 2 is 1.61 bits per heavy atom. The van der Waals surface area contributed by atoms with Crippen molar-refractivity contribution in [3.05, 3.63) is 81.8 Å². The van der Waals surface area contributed by atoms with Crippen molar-refractivity contribution in [3.8, 4) is 11.1 Å². The molecule has 17 heteroatoms. The average Bonchev–Trinajstić information content (AvgIpc) is 3.76. The lowest BCUT2D eigenvalue weighted by Crippen LogP contribution is -2.54. The van der Waals surface area contributed by atoms with Gasteiger partial charge in [0.25, 0.3) is 11.5 Å². The molecule has 2 aliphatic heterocycles. The van der Waals surface area contributed by atoms with E-state index in [9.17, 15) is 19.5 Å². The molecule has 3 N–H and O–H groups in total. The molecule has 0 saturated carbocycles. The maximum Gasteiger partial charge on any atom is 0.276 e. The minimum Gasteiger partial charge on any atom is -0.394 e.